The van der Waals surface area contributed by atoms with E-state index in [0.717, 1.165) is 35.7 Å². The first-order chi connectivity index (χ1) is 12.6. The molecule has 1 fully saturated rings. The second-order valence-electron chi connectivity index (χ2n) is 6.20. The third-order valence-corrected chi connectivity index (χ3v) is 4.51. The summed E-state index contributed by atoms with van der Waals surface area (Å²) in [6, 6.07) is 3.57. The van der Waals surface area contributed by atoms with Gasteiger partial charge in [0.15, 0.2) is 0 Å². The van der Waals surface area contributed by atoms with Crippen molar-refractivity contribution < 1.29 is 14.3 Å². The number of nitrogens with one attached hydrogen (secondary N) is 1. The minimum absolute atomic E-state index is 0.166. The van der Waals surface area contributed by atoms with Crippen molar-refractivity contribution in [3.05, 3.63) is 46.9 Å². The summed E-state index contributed by atoms with van der Waals surface area (Å²) >= 11 is 0. The van der Waals surface area contributed by atoms with Crippen molar-refractivity contribution >= 4 is 11.7 Å². The van der Waals surface area contributed by atoms with Gasteiger partial charge >= 0.3 is 0 Å². The van der Waals surface area contributed by atoms with Crippen molar-refractivity contribution in [1.82, 2.24) is 15.3 Å². The quantitative estimate of drug-likeness (QED) is 0.881. The third-order valence-electron chi connectivity index (χ3n) is 4.51. The smallest absolute Gasteiger partial charge is 0.255 e. The molecule has 1 amide bonds. The van der Waals surface area contributed by atoms with Crippen LogP contribution in [-0.4, -0.2) is 49.3 Å². The number of pyridine rings is 2. The zero-order valence-corrected chi connectivity index (χ0v) is 15.4. The molecule has 26 heavy (non-hydrogen) atoms. The topological polar surface area (TPSA) is 76.6 Å². The lowest BCUT2D eigenvalue weighted by atomic mass is 10.1. The highest BCUT2D eigenvalue weighted by atomic mass is 16.5. The first-order valence-corrected chi connectivity index (χ1v) is 8.66. The molecule has 0 bridgehead atoms. The highest BCUT2D eigenvalue weighted by Crippen LogP contribution is 2.24. The summed E-state index contributed by atoms with van der Waals surface area (Å²) in [4.78, 5) is 23.7. The Hall–Kier alpha value is -2.67. The lowest BCUT2D eigenvalue weighted by Crippen LogP contribution is -2.38. The molecular weight excluding hydrogens is 332 g/mol. The lowest BCUT2D eigenvalue weighted by molar-refractivity contribution is 0.0948. The van der Waals surface area contributed by atoms with Gasteiger partial charge in [0.1, 0.15) is 11.6 Å². The molecule has 2 aromatic heterocycles. The molecule has 3 heterocycles. The van der Waals surface area contributed by atoms with Crippen LogP contribution in [-0.2, 0) is 11.3 Å². The number of amides is 1. The molecule has 0 aromatic carbocycles. The van der Waals surface area contributed by atoms with Crippen molar-refractivity contribution in [2.24, 2.45) is 0 Å². The van der Waals surface area contributed by atoms with E-state index in [4.69, 9.17) is 9.47 Å². The van der Waals surface area contributed by atoms with Gasteiger partial charge in [0.05, 0.1) is 38.1 Å². The van der Waals surface area contributed by atoms with Gasteiger partial charge in [-0.15, -0.1) is 0 Å². The maximum absolute atomic E-state index is 12.7. The molecular formula is C19H24N4O3. The molecule has 0 radical (unpaired) electrons. The SMILES string of the molecule is COc1c(C)cnc(CNC(=O)c2cccnc2N2CCOCC2)c1C. The number of morpholine rings is 1. The van der Waals surface area contributed by atoms with Crippen LogP contribution in [0.3, 0.4) is 0 Å². The van der Waals surface area contributed by atoms with Gasteiger partial charge < -0.3 is 19.7 Å². The maximum Gasteiger partial charge on any atom is 0.255 e. The molecule has 138 valence electrons. The van der Waals surface area contributed by atoms with Gasteiger partial charge in [-0.25, -0.2) is 4.98 Å². The van der Waals surface area contributed by atoms with E-state index in [9.17, 15) is 4.79 Å². The van der Waals surface area contributed by atoms with Gasteiger partial charge in [0.25, 0.3) is 5.91 Å². The van der Waals surface area contributed by atoms with Crippen molar-refractivity contribution in [3.8, 4) is 5.75 Å². The fourth-order valence-corrected chi connectivity index (χ4v) is 3.11. The molecule has 1 saturated heterocycles. The Bertz CT molecular complexity index is 788. The Morgan fingerprint density at radius 1 is 1.31 bits per heavy atom. The normalized spacial score (nSPS) is 14.2. The summed E-state index contributed by atoms with van der Waals surface area (Å²) in [7, 11) is 1.64. The average Bonchev–Trinajstić information content (AvgIpc) is 2.68. The third kappa shape index (κ3) is 3.77. The highest BCUT2D eigenvalue weighted by molar-refractivity contribution is 5.98. The Balaban J connectivity index is 1.75. The number of rotatable bonds is 5. The highest BCUT2D eigenvalue weighted by Gasteiger charge is 2.20. The fourth-order valence-electron chi connectivity index (χ4n) is 3.11. The van der Waals surface area contributed by atoms with Crippen molar-refractivity contribution in [2.45, 2.75) is 20.4 Å². The van der Waals surface area contributed by atoms with E-state index in [-0.39, 0.29) is 5.91 Å². The standard InChI is InChI=1S/C19H24N4O3/c1-13-11-21-16(14(2)17(13)25-3)12-22-19(24)15-5-4-6-20-18(15)23-7-9-26-10-8-23/h4-6,11H,7-10,12H2,1-3H3,(H,22,24). The average molecular weight is 356 g/mol. The molecule has 1 N–H and O–H groups in total. The van der Waals surface area contributed by atoms with Gasteiger partial charge in [0, 0.05) is 36.6 Å². The monoisotopic (exact) mass is 356 g/mol. The van der Waals surface area contributed by atoms with Crippen LogP contribution in [0, 0.1) is 13.8 Å². The van der Waals surface area contributed by atoms with E-state index >= 15 is 0 Å². The van der Waals surface area contributed by atoms with Crippen molar-refractivity contribution in [3.63, 3.8) is 0 Å². The number of ether oxygens (including phenoxy) is 2. The van der Waals surface area contributed by atoms with E-state index in [1.165, 1.54) is 0 Å². The summed E-state index contributed by atoms with van der Waals surface area (Å²) < 4.78 is 10.8. The molecule has 0 spiro atoms. The maximum atomic E-state index is 12.7. The van der Waals surface area contributed by atoms with Gasteiger partial charge in [-0.1, -0.05) is 0 Å². The Morgan fingerprint density at radius 2 is 2.08 bits per heavy atom. The second kappa shape index (κ2) is 8.14. The van der Waals surface area contributed by atoms with E-state index in [2.05, 4.69) is 20.2 Å². The molecule has 1 aliphatic rings. The molecule has 1 aliphatic heterocycles. The largest absolute Gasteiger partial charge is 0.496 e. The van der Waals surface area contributed by atoms with E-state index < -0.39 is 0 Å². The zero-order chi connectivity index (χ0) is 18.5. The minimum atomic E-state index is -0.166. The Labute approximate surface area is 153 Å². The number of aryl methyl sites for hydroxylation is 1. The number of carbonyl (C=O) groups excluding carboxylic acids is 1. The molecule has 3 rings (SSSR count). The number of carbonyl (C=O) groups is 1. The van der Waals surface area contributed by atoms with E-state index in [0.29, 0.717) is 31.1 Å². The molecule has 0 aliphatic carbocycles. The van der Waals surface area contributed by atoms with Crippen LogP contribution in [0.25, 0.3) is 0 Å². The van der Waals surface area contributed by atoms with Crippen LogP contribution >= 0.6 is 0 Å². The van der Waals surface area contributed by atoms with Gasteiger partial charge in [0.2, 0.25) is 0 Å². The summed E-state index contributed by atoms with van der Waals surface area (Å²) in [6.45, 7) is 6.97. The molecule has 0 unspecified atom stereocenters. The van der Waals surface area contributed by atoms with Crippen LogP contribution in [0.5, 0.6) is 5.75 Å². The van der Waals surface area contributed by atoms with Crippen molar-refractivity contribution in [2.75, 3.05) is 38.3 Å². The predicted octanol–water partition coefficient (Wildman–Crippen LogP) is 1.87. The predicted molar refractivity (Wildman–Crippen MR) is 98.7 cm³/mol. The van der Waals surface area contributed by atoms with E-state index in [1.54, 1.807) is 31.6 Å². The molecule has 7 heteroatoms. The number of methoxy groups -OCH3 is 1. The van der Waals surface area contributed by atoms with Gasteiger partial charge in [-0.2, -0.15) is 0 Å². The summed E-state index contributed by atoms with van der Waals surface area (Å²) in [5.74, 6) is 1.33. The second-order valence-corrected chi connectivity index (χ2v) is 6.20. The number of hydrogen-bond donors (Lipinski definition) is 1. The Morgan fingerprint density at radius 3 is 2.81 bits per heavy atom. The minimum Gasteiger partial charge on any atom is -0.496 e. The number of aromatic nitrogens is 2. The van der Waals surface area contributed by atoms with Crippen LogP contribution in [0.1, 0.15) is 27.2 Å². The number of nitrogens with zero attached hydrogens (tertiary/aromatic N) is 3. The van der Waals surface area contributed by atoms with Gasteiger partial charge in [-0.05, 0) is 26.0 Å². The molecule has 0 atom stereocenters. The summed E-state index contributed by atoms with van der Waals surface area (Å²) in [5, 5.41) is 2.95. The lowest BCUT2D eigenvalue weighted by Gasteiger charge is -2.29. The van der Waals surface area contributed by atoms with Crippen LogP contribution < -0.4 is 15.0 Å². The molecule has 0 saturated carbocycles. The zero-order valence-electron chi connectivity index (χ0n) is 15.4. The number of hydrogen-bond acceptors (Lipinski definition) is 6. The summed E-state index contributed by atoms with van der Waals surface area (Å²) in [6.07, 6.45) is 3.47. The Kier molecular flexibility index (Phi) is 5.68. The summed E-state index contributed by atoms with van der Waals surface area (Å²) in [5.41, 5.74) is 3.26. The van der Waals surface area contributed by atoms with Crippen LogP contribution in [0.2, 0.25) is 0 Å². The van der Waals surface area contributed by atoms with Crippen LogP contribution in [0.4, 0.5) is 5.82 Å². The van der Waals surface area contributed by atoms with E-state index in [1.807, 2.05) is 13.8 Å². The first-order valence-electron chi connectivity index (χ1n) is 8.66. The first kappa shape index (κ1) is 18.1. The fraction of sp³-hybridized carbons (Fsp3) is 0.421. The van der Waals surface area contributed by atoms with Crippen LogP contribution in [0.15, 0.2) is 24.5 Å². The molecule has 7 nitrogen and oxygen atoms in total. The van der Waals surface area contributed by atoms with Gasteiger partial charge in [-0.3, -0.25) is 9.78 Å². The van der Waals surface area contributed by atoms with Crippen molar-refractivity contribution in [1.29, 1.82) is 0 Å². The molecule has 2 aromatic rings. The number of anilines is 1.